The van der Waals surface area contributed by atoms with Crippen LogP contribution in [-0.2, 0) is 15.5 Å². The fourth-order valence-electron chi connectivity index (χ4n) is 2.01. The lowest BCUT2D eigenvalue weighted by Gasteiger charge is -2.22. The van der Waals surface area contributed by atoms with Crippen molar-refractivity contribution in [2.45, 2.75) is 29.9 Å². The molecule has 4 nitrogen and oxygen atoms in total. The molecular weight excluding hydrogens is 250 g/mol. The number of ether oxygens (including phenoxy) is 2. The molecular formula is C13H19NO3S. The van der Waals surface area contributed by atoms with E-state index in [1.807, 2.05) is 13.0 Å². The molecule has 1 aromatic carbocycles. The van der Waals surface area contributed by atoms with E-state index in [0.717, 1.165) is 18.6 Å². The van der Waals surface area contributed by atoms with Gasteiger partial charge in [0.25, 0.3) is 0 Å². The first-order chi connectivity index (χ1) is 8.72. The first-order valence-corrected chi connectivity index (χ1v) is 7.44. The van der Waals surface area contributed by atoms with E-state index in [0.29, 0.717) is 30.4 Å². The molecule has 0 spiro atoms. The van der Waals surface area contributed by atoms with Crippen LogP contribution in [0.4, 0.5) is 5.69 Å². The quantitative estimate of drug-likeness (QED) is 0.849. The second-order valence-corrected chi connectivity index (χ2v) is 5.94. The molecule has 0 radical (unpaired) electrons. The second-order valence-electron chi connectivity index (χ2n) is 4.24. The van der Waals surface area contributed by atoms with E-state index < -0.39 is 10.8 Å². The van der Waals surface area contributed by atoms with Crippen molar-refractivity contribution in [3.8, 4) is 5.75 Å². The molecule has 0 aromatic heterocycles. The lowest BCUT2D eigenvalue weighted by molar-refractivity contribution is 0.0992. The van der Waals surface area contributed by atoms with E-state index in [-0.39, 0.29) is 5.25 Å². The van der Waals surface area contributed by atoms with Gasteiger partial charge in [-0.15, -0.1) is 0 Å². The van der Waals surface area contributed by atoms with Crippen LogP contribution in [0.2, 0.25) is 0 Å². The molecule has 0 amide bonds. The van der Waals surface area contributed by atoms with E-state index in [9.17, 15) is 4.21 Å². The van der Waals surface area contributed by atoms with Gasteiger partial charge in [-0.25, -0.2) is 0 Å². The average molecular weight is 269 g/mol. The molecule has 0 bridgehead atoms. The van der Waals surface area contributed by atoms with Crippen LogP contribution in [0, 0.1) is 0 Å². The third kappa shape index (κ3) is 3.03. The molecule has 1 fully saturated rings. The highest BCUT2D eigenvalue weighted by Gasteiger charge is 2.23. The summed E-state index contributed by atoms with van der Waals surface area (Å²) in [6.07, 6.45) is 1.65. The second kappa shape index (κ2) is 6.20. The third-order valence-corrected chi connectivity index (χ3v) is 4.85. The van der Waals surface area contributed by atoms with Gasteiger partial charge >= 0.3 is 0 Å². The van der Waals surface area contributed by atoms with Crippen molar-refractivity contribution in [2.24, 2.45) is 0 Å². The third-order valence-electron chi connectivity index (χ3n) is 2.98. The van der Waals surface area contributed by atoms with E-state index in [4.69, 9.17) is 15.2 Å². The largest absolute Gasteiger partial charge is 0.494 e. The predicted molar refractivity (Wildman–Crippen MR) is 72.3 cm³/mol. The zero-order valence-electron chi connectivity index (χ0n) is 10.6. The van der Waals surface area contributed by atoms with Crippen LogP contribution >= 0.6 is 0 Å². The Labute approximate surface area is 110 Å². The van der Waals surface area contributed by atoms with Crippen LogP contribution in [0.15, 0.2) is 23.1 Å². The van der Waals surface area contributed by atoms with Gasteiger partial charge < -0.3 is 15.2 Å². The highest BCUT2D eigenvalue weighted by molar-refractivity contribution is 7.85. The number of hydrogen-bond acceptors (Lipinski definition) is 4. The molecule has 0 saturated carbocycles. The molecule has 2 N–H and O–H groups in total. The minimum absolute atomic E-state index is 0.137. The maximum atomic E-state index is 12.5. The summed E-state index contributed by atoms with van der Waals surface area (Å²) in [5, 5.41) is 0.137. The van der Waals surface area contributed by atoms with Crippen LogP contribution in [0.25, 0.3) is 0 Å². The molecule has 1 aromatic rings. The fraction of sp³-hybridized carbons (Fsp3) is 0.538. The Bertz CT molecular complexity index is 430. The van der Waals surface area contributed by atoms with Gasteiger partial charge in [0.1, 0.15) is 5.75 Å². The van der Waals surface area contributed by atoms with Crippen molar-refractivity contribution in [3.05, 3.63) is 18.2 Å². The maximum absolute atomic E-state index is 12.5. The monoisotopic (exact) mass is 269 g/mol. The highest BCUT2D eigenvalue weighted by atomic mass is 32.2. The number of benzene rings is 1. The number of anilines is 1. The minimum atomic E-state index is -1.08. The normalized spacial score (nSPS) is 18.5. The Morgan fingerprint density at radius 3 is 2.83 bits per heavy atom. The van der Waals surface area contributed by atoms with Crippen molar-refractivity contribution in [1.82, 2.24) is 0 Å². The van der Waals surface area contributed by atoms with Gasteiger partial charge in [0, 0.05) is 24.2 Å². The van der Waals surface area contributed by atoms with E-state index in [1.165, 1.54) is 0 Å². The van der Waals surface area contributed by atoms with E-state index in [1.54, 1.807) is 12.1 Å². The zero-order chi connectivity index (χ0) is 13.0. The number of rotatable bonds is 4. The number of nitrogens with two attached hydrogens (primary N) is 1. The minimum Gasteiger partial charge on any atom is -0.494 e. The Morgan fingerprint density at radius 2 is 2.17 bits per heavy atom. The Balaban J connectivity index is 2.19. The van der Waals surface area contributed by atoms with Gasteiger partial charge in [0.2, 0.25) is 0 Å². The summed E-state index contributed by atoms with van der Waals surface area (Å²) < 4.78 is 23.2. The molecule has 5 heteroatoms. The zero-order valence-corrected chi connectivity index (χ0v) is 11.4. The topological polar surface area (TPSA) is 61.5 Å². The highest BCUT2D eigenvalue weighted by Crippen LogP contribution is 2.27. The summed E-state index contributed by atoms with van der Waals surface area (Å²) in [6, 6.07) is 5.37. The fourth-order valence-corrected chi connectivity index (χ4v) is 3.53. The number of hydrogen-bond donors (Lipinski definition) is 1. The maximum Gasteiger partial charge on any atom is 0.120 e. The number of nitrogen functional groups attached to an aromatic ring is 1. The molecule has 2 rings (SSSR count). The van der Waals surface area contributed by atoms with Crippen LogP contribution in [0.3, 0.4) is 0 Å². The SMILES string of the molecule is CCOc1ccc(N)c(S(=O)C2CCOCC2)c1. The molecule has 18 heavy (non-hydrogen) atoms. The van der Waals surface area contributed by atoms with Crippen molar-refractivity contribution >= 4 is 16.5 Å². The van der Waals surface area contributed by atoms with Gasteiger partial charge in [-0.1, -0.05) is 0 Å². The molecule has 1 saturated heterocycles. The molecule has 1 aliphatic heterocycles. The Morgan fingerprint density at radius 1 is 1.44 bits per heavy atom. The van der Waals surface area contributed by atoms with Crippen molar-refractivity contribution in [3.63, 3.8) is 0 Å². The van der Waals surface area contributed by atoms with Crippen molar-refractivity contribution in [1.29, 1.82) is 0 Å². The molecule has 1 aliphatic rings. The first-order valence-electron chi connectivity index (χ1n) is 6.23. The first kappa shape index (κ1) is 13.4. The lowest BCUT2D eigenvalue weighted by atomic mass is 10.2. The van der Waals surface area contributed by atoms with E-state index in [2.05, 4.69) is 0 Å². The van der Waals surface area contributed by atoms with Crippen molar-refractivity contribution < 1.29 is 13.7 Å². The summed E-state index contributed by atoms with van der Waals surface area (Å²) in [7, 11) is -1.08. The Hall–Kier alpha value is -1.07. The van der Waals surface area contributed by atoms with Gasteiger partial charge in [0.15, 0.2) is 0 Å². The van der Waals surface area contributed by atoms with Crippen LogP contribution in [-0.4, -0.2) is 29.3 Å². The smallest absolute Gasteiger partial charge is 0.120 e. The lowest BCUT2D eigenvalue weighted by Crippen LogP contribution is -2.25. The van der Waals surface area contributed by atoms with E-state index >= 15 is 0 Å². The van der Waals surface area contributed by atoms with Crippen LogP contribution in [0.5, 0.6) is 5.75 Å². The predicted octanol–water partition coefficient (Wildman–Crippen LogP) is 1.95. The van der Waals surface area contributed by atoms with Gasteiger partial charge in [-0.3, -0.25) is 4.21 Å². The summed E-state index contributed by atoms with van der Waals surface area (Å²) in [4.78, 5) is 0.688. The molecule has 1 unspecified atom stereocenters. The van der Waals surface area contributed by atoms with Gasteiger partial charge in [-0.2, -0.15) is 0 Å². The van der Waals surface area contributed by atoms with Crippen LogP contribution in [0.1, 0.15) is 19.8 Å². The van der Waals surface area contributed by atoms with Crippen molar-refractivity contribution in [2.75, 3.05) is 25.6 Å². The van der Waals surface area contributed by atoms with Crippen LogP contribution < -0.4 is 10.5 Å². The summed E-state index contributed by atoms with van der Waals surface area (Å²) in [5.74, 6) is 0.724. The standard InChI is InChI=1S/C13H19NO3S/c1-2-17-10-3-4-12(14)13(9-10)18(15)11-5-7-16-8-6-11/h3-4,9,11H,2,5-8,14H2,1H3. The molecule has 100 valence electrons. The molecule has 1 heterocycles. The van der Waals surface area contributed by atoms with Gasteiger partial charge in [0.05, 0.1) is 22.3 Å². The average Bonchev–Trinajstić information content (AvgIpc) is 2.41. The molecule has 1 atom stereocenters. The van der Waals surface area contributed by atoms with Gasteiger partial charge in [-0.05, 0) is 38.0 Å². The summed E-state index contributed by atoms with van der Waals surface area (Å²) in [5.41, 5.74) is 6.49. The Kier molecular flexibility index (Phi) is 4.60. The summed E-state index contributed by atoms with van der Waals surface area (Å²) in [6.45, 7) is 3.88. The summed E-state index contributed by atoms with van der Waals surface area (Å²) >= 11 is 0. The molecule has 0 aliphatic carbocycles.